The molecule has 3 aromatic carbocycles. The van der Waals surface area contributed by atoms with Crippen LogP contribution in [0.3, 0.4) is 0 Å². The first kappa shape index (κ1) is 19.6. The number of unbranched alkanes of at least 4 members (excludes halogenated alkanes) is 3. The summed E-state index contributed by atoms with van der Waals surface area (Å²) in [5, 5.41) is 6.40. The molecule has 0 aromatic heterocycles. The van der Waals surface area contributed by atoms with E-state index in [-0.39, 0.29) is 0 Å². The maximum atomic E-state index is 3.54. The quantitative estimate of drug-likeness (QED) is 0.376. The summed E-state index contributed by atoms with van der Waals surface area (Å²) >= 11 is 0. The van der Waals surface area contributed by atoms with Gasteiger partial charge in [-0.15, -0.1) is 0 Å². The standard InChI is InChI=1S/C26H33N/c1-2-20-27-21-24-19-18-23(25-16-10-11-17-26(24)25)15-9-4-3-6-12-22-13-7-5-8-14-22/h5,7-8,10-11,13-14,16-19,27H,2-4,6,9,12,15,20-21H2,1H3. The highest BCUT2D eigenvalue weighted by Crippen LogP contribution is 2.24. The van der Waals surface area contributed by atoms with Crippen molar-refractivity contribution in [3.8, 4) is 0 Å². The molecule has 0 unspecified atom stereocenters. The van der Waals surface area contributed by atoms with Crippen LogP contribution in [0.5, 0.6) is 0 Å². The molecule has 0 aliphatic carbocycles. The van der Waals surface area contributed by atoms with Gasteiger partial charge in [-0.25, -0.2) is 0 Å². The molecule has 3 aromatic rings. The highest BCUT2D eigenvalue weighted by molar-refractivity contribution is 5.88. The van der Waals surface area contributed by atoms with E-state index in [4.69, 9.17) is 0 Å². The summed E-state index contributed by atoms with van der Waals surface area (Å²) in [6.45, 7) is 4.27. The fourth-order valence-electron chi connectivity index (χ4n) is 3.84. The molecule has 3 rings (SSSR count). The van der Waals surface area contributed by atoms with Crippen molar-refractivity contribution in [2.75, 3.05) is 6.54 Å². The first-order valence-corrected chi connectivity index (χ1v) is 10.6. The second kappa shape index (κ2) is 10.9. The van der Waals surface area contributed by atoms with Gasteiger partial charge in [-0.05, 0) is 66.1 Å². The van der Waals surface area contributed by atoms with Gasteiger partial charge in [-0.2, -0.15) is 0 Å². The molecule has 1 heteroatoms. The van der Waals surface area contributed by atoms with Gasteiger partial charge in [0.25, 0.3) is 0 Å². The lowest BCUT2D eigenvalue weighted by Gasteiger charge is -2.12. The summed E-state index contributed by atoms with van der Waals surface area (Å²) in [5.41, 5.74) is 4.40. The van der Waals surface area contributed by atoms with Gasteiger partial charge in [0.2, 0.25) is 0 Å². The molecular formula is C26H33N. The van der Waals surface area contributed by atoms with E-state index in [1.807, 2.05) is 0 Å². The monoisotopic (exact) mass is 359 g/mol. The highest BCUT2D eigenvalue weighted by Gasteiger charge is 2.05. The fraction of sp³-hybridized carbons (Fsp3) is 0.385. The van der Waals surface area contributed by atoms with E-state index in [2.05, 4.69) is 79.0 Å². The van der Waals surface area contributed by atoms with Gasteiger partial charge >= 0.3 is 0 Å². The zero-order valence-electron chi connectivity index (χ0n) is 16.7. The van der Waals surface area contributed by atoms with Crippen molar-refractivity contribution in [1.29, 1.82) is 0 Å². The Balaban J connectivity index is 1.50. The van der Waals surface area contributed by atoms with Crippen LogP contribution < -0.4 is 5.32 Å². The molecular weight excluding hydrogens is 326 g/mol. The lowest BCUT2D eigenvalue weighted by atomic mass is 9.95. The van der Waals surface area contributed by atoms with Gasteiger partial charge in [0.15, 0.2) is 0 Å². The van der Waals surface area contributed by atoms with E-state index in [1.165, 1.54) is 72.4 Å². The topological polar surface area (TPSA) is 12.0 Å². The molecule has 142 valence electrons. The normalized spacial score (nSPS) is 11.1. The molecule has 0 heterocycles. The largest absolute Gasteiger partial charge is 0.313 e. The van der Waals surface area contributed by atoms with E-state index < -0.39 is 0 Å². The lowest BCUT2D eigenvalue weighted by Crippen LogP contribution is -2.14. The summed E-state index contributed by atoms with van der Waals surface area (Å²) in [6, 6.07) is 24.5. The van der Waals surface area contributed by atoms with Crippen LogP contribution in [0.1, 0.15) is 55.7 Å². The second-order valence-corrected chi connectivity index (χ2v) is 7.51. The molecule has 0 radical (unpaired) electrons. The molecule has 27 heavy (non-hydrogen) atoms. The molecule has 0 saturated carbocycles. The average molecular weight is 360 g/mol. The lowest BCUT2D eigenvalue weighted by molar-refractivity contribution is 0.641. The zero-order valence-corrected chi connectivity index (χ0v) is 16.7. The van der Waals surface area contributed by atoms with Crippen LogP contribution in [0.25, 0.3) is 10.8 Å². The molecule has 0 saturated heterocycles. The first-order chi connectivity index (χ1) is 13.4. The van der Waals surface area contributed by atoms with Crippen molar-refractivity contribution in [3.63, 3.8) is 0 Å². The predicted molar refractivity (Wildman–Crippen MR) is 118 cm³/mol. The van der Waals surface area contributed by atoms with Crippen molar-refractivity contribution in [3.05, 3.63) is 83.4 Å². The molecule has 1 N–H and O–H groups in total. The number of rotatable bonds is 11. The van der Waals surface area contributed by atoms with Crippen LogP contribution in [0.4, 0.5) is 0 Å². The van der Waals surface area contributed by atoms with Crippen LogP contribution in [-0.4, -0.2) is 6.54 Å². The molecule has 0 aliphatic rings. The number of aryl methyl sites for hydroxylation is 2. The number of hydrogen-bond donors (Lipinski definition) is 1. The maximum Gasteiger partial charge on any atom is 0.0211 e. The summed E-state index contributed by atoms with van der Waals surface area (Å²) in [4.78, 5) is 0. The molecule has 0 atom stereocenters. The van der Waals surface area contributed by atoms with E-state index in [9.17, 15) is 0 Å². The van der Waals surface area contributed by atoms with Crippen molar-refractivity contribution < 1.29 is 0 Å². The zero-order chi connectivity index (χ0) is 18.7. The van der Waals surface area contributed by atoms with Crippen LogP contribution in [-0.2, 0) is 19.4 Å². The fourth-order valence-corrected chi connectivity index (χ4v) is 3.84. The molecule has 0 fully saturated rings. The minimum Gasteiger partial charge on any atom is -0.313 e. The van der Waals surface area contributed by atoms with Gasteiger partial charge in [0, 0.05) is 6.54 Å². The molecule has 0 amide bonds. The molecule has 1 nitrogen and oxygen atoms in total. The van der Waals surface area contributed by atoms with E-state index in [1.54, 1.807) is 0 Å². The van der Waals surface area contributed by atoms with E-state index >= 15 is 0 Å². The Morgan fingerprint density at radius 2 is 1.26 bits per heavy atom. The summed E-state index contributed by atoms with van der Waals surface area (Å²) in [7, 11) is 0. The van der Waals surface area contributed by atoms with E-state index in [0.717, 1.165) is 13.1 Å². The average Bonchev–Trinajstić information content (AvgIpc) is 2.72. The molecule has 0 bridgehead atoms. The third-order valence-corrected chi connectivity index (χ3v) is 5.35. The summed E-state index contributed by atoms with van der Waals surface area (Å²) in [6.07, 6.45) is 8.81. The Morgan fingerprint density at radius 3 is 2.00 bits per heavy atom. The van der Waals surface area contributed by atoms with Crippen molar-refractivity contribution >= 4 is 10.8 Å². The number of hydrogen-bond acceptors (Lipinski definition) is 1. The van der Waals surface area contributed by atoms with Gasteiger partial charge < -0.3 is 5.32 Å². The third kappa shape index (κ3) is 5.94. The Labute approximate surface area is 164 Å². The van der Waals surface area contributed by atoms with Crippen molar-refractivity contribution in [1.82, 2.24) is 5.32 Å². The highest BCUT2D eigenvalue weighted by atomic mass is 14.8. The summed E-state index contributed by atoms with van der Waals surface area (Å²) in [5.74, 6) is 0. The Morgan fingerprint density at radius 1 is 0.630 bits per heavy atom. The van der Waals surface area contributed by atoms with Crippen LogP contribution in [0.2, 0.25) is 0 Å². The van der Waals surface area contributed by atoms with Crippen molar-refractivity contribution in [2.24, 2.45) is 0 Å². The Kier molecular flexibility index (Phi) is 7.92. The van der Waals surface area contributed by atoms with Gasteiger partial charge in [-0.1, -0.05) is 86.5 Å². The van der Waals surface area contributed by atoms with Crippen LogP contribution >= 0.6 is 0 Å². The van der Waals surface area contributed by atoms with Gasteiger partial charge in [0.05, 0.1) is 0 Å². The van der Waals surface area contributed by atoms with E-state index in [0.29, 0.717) is 0 Å². The smallest absolute Gasteiger partial charge is 0.0211 e. The number of fused-ring (bicyclic) bond motifs is 1. The van der Waals surface area contributed by atoms with Gasteiger partial charge in [-0.3, -0.25) is 0 Å². The Hall–Kier alpha value is -2.12. The third-order valence-electron chi connectivity index (χ3n) is 5.35. The van der Waals surface area contributed by atoms with Crippen LogP contribution in [0, 0.1) is 0 Å². The minimum atomic E-state index is 0.966. The molecule has 0 spiro atoms. The van der Waals surface area contributed by atoms with Crippen LogP contribution in [0.15, 0.2) is 66.7 Å². The first-order valence-electron chi connectivity index (χ1n) is 10.6. The van der Waals surface area contributed by atoms with Gasteiger partial charge in [0.1, 0.15) is 0 Å². The predicted octanol–water partition coefficient (Wildman–Crippen LogP) is 6.69. The van der Waals surface area contributed by atoms with Crippen molar-refractivity contribution in [2.45, 2.75) is 58.4 Å². The second-order valence-electron chi connectivity index (χ2n) is 7.51. The number of nitrogens with one attached hydrogen (secondary N) is 1. The Bertz CT molecular complexity index is 807. The minimum absolute atomic E-state index is 0.966. The number of benzene rings is 3. The maximum absolute atomic E-state index is 3.54. The summed E-state index contributed by atoms with van der Waals surface area (Å²) < 4.78 is 0. The molecule has 0 aliphatic heterocycles. The SMILES string of the molecule is CCCNCc1ccc(CCCCCCc2ccccc2)c2ccccc12.